The van der Waals surface area contributed by atoms with Crippen molar-refractivity contribution in [1.82, 2.24) is 4.90 Å². The molecule has 0 spiro atoms. The highest BCUT2D eigenvalue weighted by Crippen LogP contribution is 2.20. The van der Waals surface area contributed by atoms with Crippen LogP contribution in [0.2, 0.25) is 0 Å². The Morgan fingerprint density at radius 3 is 2.81 bits per heavy atom. The van der Waals surface area contributed by atoms with E-state index in [1.54, 1.807) is 0 Å². The maximum atomic E-state index is 12.1. The van der Waals surface area contributed by atoms with Gasteiger partial charge in [-0.3, -0.25) is 4.79 Å². The van der Waals surface area contributed by atoms with Gasteiger partial charge in [-0.1, -0.05) is 26.7 Å². The summed E-state index contributed by atoms with van der Waals surface area (Å²) in [7, 11) is 0. The Labute approximate surface area is 99.4 Å². The highest BCUT2D eigenvalue weighted by molar-refractivity contribution is 5.76. The third kappa shape index (κ3) is 3.78. The van der Waals surface area contributed by atoms with E-state index in [1.807, 2.05) is 0 Å². The summed E-state index contributed by atoms with van der Waals surface area (Å²) in [6, 6.07) is 0. The molecule has 1 saturated heterocycles. The second kappa shape index (κ2) is 6.89. The Morgan fingerprint density at radius 2 is 2.25 bits per heavy atom. The van der Waals surface area contributed by atoms with E-state index in [2.05, 4.69) is 18.7 Å². The van der Waals surface area contributed by atoms with Crippen molar-refractivity contribution >= 4 is 5.91 Å². The summed E-state index contributed by atoms with van der Waals surface area (Å²) in [5.74, 6) is 1.40. The Hall–Kier alpha value is -0.570. The predicted molar refractivity (Wildman–Crippen MR) is 67.0 cm³/mol. The molecule has 1 aliphatic rings. The summed E-state index contributed by atoms with van der Waals surface area (Å²) in [6.07, 6.45) is 5.30. The van der Waals surface area contributed by atoms with Gasteiger partial charge in [-0.05, 0) is 31.2 Å². The number of carbonyl (C=O) groups is 1. The van der Waals surface area contributed by atoms with E-state index in [1.165, 1.54) is 19.3 Å². The second-order valence-electron chi connectivity index (χ2n) is 4.97. The van der Waals surface area contributed by atoms with Gasteiger partial charge in [-0.2, -0.15) is 0 Å². The van der Waals surface area contributed by atoms with Crippen molar-refractivity contribution in [2.45, 2.75) is 46.0 Å². The van der Waals surface area contributed by atoms with Gasteiger partial charge >= 0.3 is 0 Å². The summed E-state index contributed by atoms with van der Waals surface area (Å²) < 4.78 is 0. The molecule has 0 aliphatic carbocycles. The zero-order valence-electron chi connectivity index (χ0n) is 10.7. The molecule has 3 nitrogen and oxygen atoms in total. The number of likely N-dealkylation sites (tertiary alicyclic amines) is 1. The van der Waals surface area contributed by atoms with E-state index in [9.17, 15) is 4.79 Å². The maximum Gasteiger partial charge on any atom is 0.222 e. The van der Waals surface area contributed by atoms with Crippen LogP contribution in [-0.4, -0.2) is 30.4 Å². The van der Waals surface area contributed by atoms with Crippen molar-refractivity contribution in [1.29, 1.82) is 0 Å². The van der Waals surface area contributed by atoms with Crippen LogP contribution < -0.4 is 5.73 Å². The van der Waals surface area contributed by atoms with Gasteiger partial charge in [0.2, 0.25) is 5.91 Å². The highest BCUT2D eigenvalue weighted by Gasteiger charge is 2.23. The summed E-state index contributed by atoms with van der Waals surface area (Å²) in [5.41, 5.74) is 5.64. The average Bonchev–Trinajstić information content (AvgIpc) is 2.35. The van der Waals surface area contributed by atoms with Crippen LogP contribution in [0.1, 0.15) is 46.0 Å². The third-order valence-electron chi connectivity index (χ3n) is 3.82. The van der Waals surface area contributed by atoms with Gasteiger partial charge in [0, 0.05) is 19.5 Å². The highest BCUT2D eigenvalue weighted by atomic mass is 16.2. The lowest BCUT2D eigenvalue weighted by atomic mass is 9.94. The van der Waals surface area contributed by atoms with E-state index in [4.69, 9.17) is 5.73 Å². The first-order chi connectivity index (χ1) is 7.71. The molecule has 0 aromatic rings. The molecule has 2 N–H and O–H groups in total. The number of hydrogen-bond donors (Lipinski definition) is 1. The number of amides is 1. The maximum absolute atomic E-state index is 12.1. The zero-order valence-corrected chi connectivity index (χ0v) is 10.7. The standard InChI is InChI=1S/C13H26N2O/c1-3-11-6-5-7-15(10-11)13(16)8-12(4-2)9-14/h11-12H,3-10,14H2,1-2H3. The lowest BCUT2D eigenvalue weighted by molar-refractivity contribution is -0.134. The molecule has 1 amide bonds. The van der Waals surface area contributed by atoms with Crippen LogP contribution in [0.4, 0.5) is 0 Å². The summed E-state index contributed by atoms with van der Waals surface area (Å²) in [5, 5.41) is 0. The second-order valence-corrected chi connectivity index (χ2v) is 4.97. The van der Waals surface area contributed by atoms with Gasteiger partial charge in [0.15, 0.2) is 0 Å². The minimum absolute atomic E-state index is 0.315. The topological polar surface area (TPSA) is 46.3 Å². The van der Waals surface area contributed by atoms with Crippen molar-refractivity contribution in [3.05, 3.63) is 0 Å². The summed E-state index contributed by atoms with van der Waals surface area (Å²) in [6.45, 7) is 6.88. The Kier molecular flexibility index (Phi) is 5.81. The molecule has 0 saturated carbocycles. The summed E-state index contributed by atoms with van der Waals surface area (Å²) in [4.78, 5) is 14.1. The molecule has 1 fully saturated rings. The first-order valence-corrected chi connectivity index (χ1v) is 6.69. The molecule has 0 aromatic heterocycles. The first kappa shape index (κ1) is 13.5. The molecular weight excluding hydrogens is 200 g/mol. The summed E-state index contributed by atoms with van der Waals surface area (Å²) >= 11 is 0. The molecule has 1 aliphatic heterocycles. The minimum Gasteiger partial charge on any atom is -0.342 e. The Balaban J connectivity index is 2.40. The van der Waals surface area contributed by atoms with Crippen molar-refractivity contribution in [2.24, 2.45) is 17.6 Å². The van der Waals surface area contributed by atoms with E-state index in [-0.39, 0.29) is 0 Å². The smallest absolute Gasteiger partial charge is 0.222 e. The van der Waals surface area contributed by atoms with Gasteiger partial charge in [-0.25, -0.2) is 0 Å². The molecule has 0 radical (unpaired) electrons. The van der Waals surface area contributed by atoms with E-state index >= 15 is 0 Å². The largest absolute Gasteiger partial charge is 0.342 e. The predicted octanol–water partition coefficient (Wildman–Crippen LogP) is 2.01. The fourth-order valence-corrected chi connectivity index (χ4v) is 2.40. The molecule has 1 heterocycles. The normalized spacial score (nSPS) is 23.2. The minimum atomic E-state index is 0.315. The van der Waals surface area contributed by atoms with Crippen molar-refractivity contribution in [2.75, 3.05) is 19.6 Å². The van der Waals surface area contributed by atoms with E-state index in [0.29, 0.717) is 24.8 Å². The van der Waals surface area contributed by atoms with Crippen LogP contribution in [0.5, 0.6) is 0 Å². The van der Waals surface area contributed by atoms with Gasteiger partial charge in [0.05, 0.1) is 0 Å². The third-order valence-corrected chi connectivity index (χ3v) is 3.82. The quantitative estimate of drug-likeness (QED) is 0.779. The average molecular weight is 226 g/mol. The van der Waals surface area contributed by atoms with Gasteiger partial charge < -0.3 is 10.6 Å². The first-order valence-electron chi connectivity index (χ1n) is 6.69. The van der Waals surface area contributed by atoms with Crippen LogP contribution >= 0.6 is 0 Å². The van der Waals surface area contributed by atoms with E-state index in [0.717, 1.165) is 25.4 Å². The number of hydrogen-bond acceptors (Lipinski definition) is 2. The molecule has 1 rings (SSSR count). The molecular formula is C13H26N2O. The molecule has 3 heteroatoms. The molecule has 0 bridgehead atoms. The van der Waals surface area contributed by atoms with Gasteiger partial charge in [-0.15, -0.1) is 0 Å². The van der Waals surface area contributed by atoms with Crippen LogP contribution in [0.3, 0.4) is 0 Å². The lowest BCUT2D eigenvalue weighted by Gasteiger charge is -2.33. The zero-order chi connectivity index (χ0) is 12.0. The number of nitrogens with two attached hydrogens (primary N) is 1. The fraction of sp³-hybridized carbons (Fsp3) is 0.923. The van der Waals surface area contributed by atoms with E-state index < -0.39 is 0 Å². The number of rotatable bonds is 5. The van der Waals surface area contributed by atoms with Crippen LogP contribution in [0, 0.1) is 11.8 Å². The van der Waals surface area contributed by atoms with Gasteiger partial charge in [0.25, 0.3) is 0 Å². The van der Waals surface area contributed by atoms with Crippen molar-refractivity contribution in [3.8, 4) is 0 Å². The molecule has 2 atom stereocenters. The van der Waals surface area contributed by atoms with Crippen molar-refractivity contribution < 1.29 is 4.79 Å². The molecule has 2 unspecified atom stereocenters. The molecule has 16 heavy (non-hydrogen) atoms. The number of nitrogens with zero attached hydrogens (tertiary/aromatic N) is 1. The SMILES string of the molecule is CCC(CN)CC(=O)N1CCCC(CC)C1. The van der Waals surface area contributed by atoms with Crippen LogP contribution in [0.25, 0.3) is 0 Å². The van der Waals surface area contributed by atoms with Crippen molar-refractivity contribution in [3.63, 3.8) is 0 Å². The fourth-order valence-electron chi connectivity index (χ4n) is 2.40. The van der Waals surface area contributed by atoms with Crippen LogP contribution in [-0.2, 0) is 4.79 Å². The lowest BCUT2D eigenvalue weighted by Crippen LogP contribution is -2.40. The number of carbonyl (C=O) groups excluding carboxylic acids is 1. The monoisotopic (exact) mass is 226 g/mol. The van der Waals surface area contributed by atoms with Gasteiger partial charge in [0.1, 0.15) is 0 Å². The Bertz CT molecular complexity index is 214. The number of piperidine rings is 1. The Morgan fingerprint density at radius 1 is 1.50 bits per heavy atom. The molecule has 0 aromatic carbocycles. The van der Waals surface area contributed by atoms with Crippen LogP contribution in [0.15, 0.2) is 0 Å². The molecule has 94 valence electrons.